The van der Waals surface area contributed by atoms with E-state index in [0.29, 0.717) is 12.6 Å². The molecule has 2 aromatic rings. The van der Waals surface area contributed by atoms with Crippen molar-refractivity contribution in [2.24, 2.45) is 0 Å². The molecule has 1 aliphatic carbocycles. The Labute approximate surface area is 127 Å². The lowest BCUT2D eigenvalue weighted by molar-refractivity contribution is 0.343. The predicted octanol–water partition coefficient (Wildman–Crippen LogP) is 3.51. The molecule has 106 valence electrons. The number of aromatic nitrogens is 3. The second-order valence-electron chi connectivity index (χ2n) is 4.62. The Hall–Kier alpha value is -1.14. The molecule has 1 fully saturated rings. The molecule has 0 unspecified atom stereocenters. The quantitative estimate of drug-likeness (QED) is 0.578. The number of nitrogens with zero attached hydrogens (tertiary/aromatic N) is 3. The number of thioether (sulfide) groups is 2. The van der Waals surface area contributed by atoms with Crippen LogP contribution < -0.4 is 4.74 Å². The van der Waals surface area contributed by atoms with Gasteiger partial charge >= 0.3 is 0 Å². The maximum absolute atomic E-state index is 5.73. The first-order chi connectivity index (χ1) is 9.86. The van der Waals surface area contributed by atoms with Crippen molar-refractivity contribution in [3.8, 4) is 5.75 Å². The number of rotatable bonds is 7. The standard InChI is InChI=1S/C14H17N3OS2/c1-19-13-6-4-12(5-7-13)18-8-9-20-14-16-15-10-17(14)11-2-3-11/h4-7,10-11H,2-3,8-9H2,1H3. The van der Waals surface area contributed by atoms with Crippen LogP contribution in [0.5, 0.6) is 5.75 Å². The van der Waals surface area contributed by atoms with Crippen LogP contribution in [-0.2, 0) is 0 Å². The highest BCUT2D eigenvalue weighted by atomic mass is 32.2. The average molecular weight is 307 g/mol. The van der Waals surface area contributed by atoms with E-state index in [0.717, 1.165) is 16.7 Å². The summed E-state index contributed by atoms with van der Waals surface area (Å²) in [6.45, 7) is 0.681. The Balaban J connectivity index is 1.44. The van der Waals surface area contributed by atoms with Crippen molar-refractivity contribution in [2.75, 3.05) is 18.6 Å². The van der Waals surface area contributed by atoms with Crippen molar-refractivity contribution in [3.05, 3.63) is 30.6 Å². The summed E-state index contributed by atoms with van der Waals surface area (Å²) in [5.74, 6) is 1.81. The van der Waals surface area contributed by atoms with Crippen LogP contribution >= 0.6 is 23.5 Å². The Morgan fingerprint density at radius 3 is 2.80 bits per heavy atom. The third kappa shape index (κ3) is 3.49. The number of ether oxygens (including phenoxy) is 1. The van der Waals surface area contributed by atoms with E-state index < -0.39 is 0 Å². The van der Waals surface area contributed by atoms with Crippen LogP contribution in [0.1, 0.15) is 18.9 Å². The fourth-order valence-corrected chi connectivity index (χ4v) is 3.11. The van der Waals surface area contributed by atoms with E-state index in [1.54, 1.807) is 23.5 Å². The van der Waals surface area contributed by atoms with E-state index in [1.807, 2.05) is 18.5 Å². The summed E-state index contributed by atoms with van der Waals surface area (Å²) in [4.78, 5) is 1.25. The van der Waals surface area contributed by atoms with Crippen LogP contribution in [0.2, 0.25) is 0 Å². The Kier molecular flexibility index (Phi) is 4.52. The zero-order chi connectivity index (χ0) is 13.8. The lowest BCUT2D eigenvalue weighted by Gasteiger charge is -2.07. The van der Waals surface area contributed by atoms with Crippen LogP contribution in [0.15, 0.2) is 40.6 Å². The van der Waals surface area contributed by atoms with Gasteiger partial charge in [-0.05, 0) is 43.4 Å². The monoisotopic (exact) mass is 307 g/mol. The van der Waals surface area contributed by atoms with Gasteiger partial charge in [0.2, 0.25) is 0 Å². The van der Waals surface area contributed by atoms with Gasteiger partial charge in [0, 0.05) is 16.7 Å². The van der Waals surface area contributed by atoms with Gasteiger partial charge in [-0.15, -0.1) is 22.0 Å². The van der Waals surface area contributed by atoms with Gasteiger partial charge in [0.1, 0.15) is 12.1 Å². The van der Waals surface area contributed by atoms with Gasteiger partial charge in [-0.3, -0.25) is 0 Å². The molecule has 0 amide bonds. The third-order valence-corrected chi connectivity index (χ3v) is 4.79. The lowest BCUT2D eigenvalue weighted by Crippen LogP contribution is -2.02. The number of benzene rings is 1. The van der Waals surface area contributed by atoms with Crippen molar-refractivity contribution in [1.82, 2.24) is 14.8 Å². The maximum atomic E-state index is 5.73. The topological polar surface area (TPSA) is 39.9 Å². The average Bonchev–Trinajstić information content (AvgIpc) is 3.23. The molecule has 1 aliphatic rings. The Morgan fingerprint density at radius 2 is 2.10 bits per heavy atom. The minimum absolute atomic E-state index is 0.632. The summed E-state index contributed by atoms with van der Waals surface area (Å²) < 4.78 is 7.91. The van der Waals surface area contributed by atoms with Crippen LogP contribution in [0, 0.1) is 0 Å². The highest BCUT2D eigenvalue weighted by Crippen LogP contribution is 2.37. The first-order valence-corrected chi connectivity index (χ1v) is 8.87. The van der Waals surface area contributed by atoms with E-state index in [4.69, 9.17) is 4.74 Å². The first kappa shape index (κ1) is 13.8. The van der Waals surface area contributed by atoms with Crippen molar-refractivity contribution in [2.45, 2.75) is 28.9 Å². The molecule has 6 heteroatoms. The van der Waals surface area contributed by atoms with E-state index in [1.165, 1.54) is 17.7 Å². The maximum Gasteiger partial charge on any atom is 0.191 e. The Bertz CT molecular complexity index is 552. The minimum Gasteiger partial charge on any atom is -0.493 e. The molecule has 0 spiro atoms. The highest BCUT2D eigenvalue weighted by molar-refractivity contribution is 7.99. The molecule has 1 aromatic heterocycles. The summed E-state index contributed by atoms with van der Waals surface area (Å²) in [6, 6.07) is 8.83. The zero-order valence-corrected chi connectivity index (χ0v) is 13.0. The van der Waals surface area contributed by atoms with Crippen LogP contribution in [0.25, 0.3) is 0 Å². The van der Waals surface area contributed by atoms with Gasteiger partial charge in [-0.2, -0.15) is 0 Å². The predicted molar refractivity (Wildman–Crippen MR) is 82.7 cm³/mol. The van der Waals surface area contributed by atoms with E-state index in [9.17, 15) is 0 Å². The van der Waals surface area contributed by atoms with E-state index in [-0.39, 0.29) is 0 Å². The molecule has 0 N–H and O–H groups in total. The second-order valence-corrected chi connectivity index (χ2v) is 6.57. The zero-order valence-electron chi connectivity index (χ0n) is 11.4. The summed E-state index contributed by atoms with van der Waals surface area (Å²) in [5.41, 5.74) is 0. The molecule has 1 heterocycles. The molecule has 0 aliphatic heterocycles. The second kappa shape index (κ2) is 6.54. The lowest BCUT2D eigenvalue weighted by atomic mass is 10.3. The smallest absolute Gasteiger partial charge is 0.191 e. The molecular formula is C14H17N3OS2. The van der Waals surface area contributed by atoms with Gasteiger partial charge < -0.3 is 9.30 Å². The molecule has 3 rings (SSSR count). The van der Waals surface area contributed by atoms with Crippen molar-refractivity contribution in [3.63, 3.8) is 0 Å². The van der Waals surface area contributed by atoms with Crippen LogP contribution in [0.4, 0.5) is 0 Å². The molecule has 0 atom stereocenters. The van der Waals surface area contributed by atoms with Crippen molar-refractivity contribution >= 4 is 23.5 Å². The van der Waals surface area contributed by atoms with Crippen molar-refractivity contribution in [1.29, 1.82) is 0 Å². The fraction of sp³-hybridized carbons (Fsp3) is 0.429. The highest BCUT2D eigenvalue weighted by Gasteiger charge is 2.26. The van der Waals surface area contributed by atoms with Gasteiger partial charge in [0.25, 0.3) is 0 Å². The fourth-order valence-electron chi connectivity index (χ4n) is 1.90. The van der Waals surface area contributed by atoms with E-state index in [2.05, 4.69) is 33.2 Å². The molecule has 0 bridgehead atoms. The molecule has 20 heavy (non-hydrogen) atoms. The Morgan fingerprint density at radius 1 is 1.30 bits per heavy atom. The number of hydrogen-bond acceptors (Lipinski definition) is 5. The van der Waals surface area contributed by atoms with Gasteiger partial charge in [0.05, 0.1) is 6.61 Å². The van der Waals surface area contributed by atoms with Crippen LogP contribution in [-0.4, -0.2) is 33.4 Å². The largest absolute Gasteiger partial charge is 0.493 e. The number of hydrogen-bond donors (Lipinski definition) is 0. The molecule has 1 aromatic carbocycles. The van der Waals surface area contributed by atoms with Gasteiger partial charge in [-0.25, -0.2) is 0 Å². The molecule has 1 saturated carbocycles. The van der Waals surface area contributed by atoms with Gasteiger partial charge in [-0.1, -0.05) is 11.8 Å². The molecule has 0 radical (unpaired) electrons. The summed E-state index contributed by atoms with van der Waals surface area (Å²) >= 11 is 3.45. The minimum atomic E-state index is 0.632. The van der Waals surface area contributed by atoms with Crippen molar-refractivity contribution < 1.29 is 4.74 Å². The van der Waals surface area contributed by atoms with E-state index >= 15 is 0 Å². The summed E-state index contributed by atoms with van der Waals surface area (Å²) in [6.07, 6.45) is 6.41. The third-order valence-electron chi connectivity index (χ3n) is 3.12. The molecular weight excluding hydrogens is 290 g/mol. The van der Waals surface area contributed by atoms with Crippen LogP contribution in [0.3, 0.4) is 0 Å². The summed E-state index contributed by atoms with van der Waals surface area (Å²) in [5, 5.41) is 9.16. The first-order valence-electron chi connectivity index (χ1n) is 6.66. The molecule has 4 nitrogen and oxygen atoms in total. The van der Waals surface area contributed by atoms with Gasteiger partial charge in [0.15, 0.2) is 5.16 Å². The summed E-state index contributed by atoms with van der Waals surface area (Å²) in [7, 11) is 0. The normalized spacial score (nSPS) is 14.4. The molecule has 0 saturated heterocycles. The SMILES string of the molecule is CSc1ccc(OCCSc2nncn2C2CC2)cc1.